The Balaban J connectivity index is 3.41. The third-order valence-corrected chi connectivity index (χ3v) is 7.09. The van der Waals surface area contributed by atoms with Gasteiger partial charge in [-0.1, -0.05) is 70.6 Å². The standard InChI is InChI=1S/C31H53N3O4S/c1-9-11-12-13-14-15-19-34(29(36)26(21-39)33-30(37)38-31(6,7)8)27(28(35)32-24(5)16-10-2)25-18-17-22(3)23(4)20-25/h17-18,20,24,26-27,39H,9-16,19,21H2,1-8H3,(H,32,35)(H,33,37). The minimum absolute atomic E-state index is 0.0249. The Morgan fingerprint density at radius 2 is 1.59 bits per heavy atom. The Bertz CT molecular complexity index is 916. The van der Waals surface area contributed by atoms with Crippen LogP contribution in [0, 0.1) is 13.8 Å². The molecule has 0 heterocycles. The summed E-state index contributed by atoms with van der Waals surface area (Å²) in [6, 6.07) is 4.12. The number of hydrogen-bond acceptors (Lipinski definition) is 5. The van der Waals surface area contributed by atoms with Gasteiger partial charge in [0.25, 0.3) is 0 Å². The molecule has 1 rings (SSSR count). The van der Waals surface area contributed by atoms with E-state index in [9.17, 15) is 14.4 Å². The van der Waals surface area contributed by atoms with E-state index in [0.29, 0.717) is 6.54 Å². The molecule has 1 aromatic carbocycles. The van der Waals surface area contributed by atoms with Gasteiger partial charge in [0.05, 0.1) is 0 Å². The average Bonchev–Trinajstić information content (AvgIpc) is 2.84. The molecule has 3 amide bonds. The predicted molar refractivity (Wildman–Crippen MR) is 163 cm³/mol. The second kappa shape index (κ2) is 17.5. The summed E-state index contributed by atoms with van der Waals surface area (Å²) in [6.45, 7) is 16.0. The van der Waals surface area contributed by atoms with Crippen LogP contribution in [0.25, 0.3) is 0 Å². The summed E-state index contributed by atoms with van der Waals surface area (Å²) in [5.41, 5.74) is 2.22. The van der Waals surface area contributed by atoms with E-state index in [-0.39, 0.29) is 23.6 Å². The van der Waals surface area contributed by atoms with E-state index in [0.717, 1.165) is 61.6 Å². The Kier molecular flexibility index (Phi) is 15.6. The molecule has 8 heteroatoms. The van der Waals surface area contributed by atoms with Crippen molar-refractivity contribution in [2.45, 2.75) is 130 Å². The summed E-state index contributed by atoms with van der Waals surface area (Å²) in [5.74, 6) is -0.474. The molecule has 0 radical (unpaired) electrons. The molecule has 0 aliphatic rings. The molecule has 39 heavy (non-hydrogen) atoms. The van der Waals surface area contributed by atoms with Gasteiger partial charge in [-0.25, -0.2) is 4.79 Å². The molecule has 0 aliphatic heterocycles. The smallest absolute Gasteiger partial charge is 0.408 e. The third kappa shape index (κ3) is 12.7. The van der Waals surface area contributed by atoms with Crippen molar-refractivity contribution in [2.24, 2.45) is 0 Å². The molecular formula is C31H53N3O4S. The fourth-order valence-electron chi connectivity index (χ4n) is 4.50. The summed E-state index contributed by atoms with van der Waals surface area (Å²) in [4.78, 5) is 42.1. The molecule has 0 saturated heterocycles. The van der Waals surface area contributed by atoms with E-state index in [1.54, 1.807) is 25.7 Å². The molecule has 0 fully saturated rings. The average molecular weight is 564 g/mol. The van der Waals surface area contributed by atoms with Crippen LogP contribution in [0.1, 0.15) is 116 Å². The van der Waals surface area contributed by atoms with Crippen molar-refractivity contribution in [3.05, 3.63) is 34.9 Å². The number of alkyl carbamates (subject to hydrolysis) is 1. The first kappa shape index (κ1) is 34.8. The van der Waals surface area contributed by atoms with Crippen LogP contribution in [0.4, 0.5) is 4.79 Å². The van der Waals surface area contributed by atoms with E-state index >= 15 is 0 Å². The highest BCUT2D eigenvalue weighted by Crippen LogP contribution is 2.26. The van der Waals surface area contributed by atoms with Crippen LogP contribution in [0.2, 0.25) is 0 Å². The summed E-state index contributed by atoms with van der Waals surface area (Å²) in [7, 11) is 0. The van der Waals surface area contributed by atoms with Crippen molar-refractivity contribution in [1.29, 1.82) is 0 Å². The minimum atomic E-state index is -0.932. The number of benzene rings is 1. The maximum absolute atomic E-state index is 14.1. The molecule has 0 bridgehead atoms. The maximum Gasteiger partial charge on any atom is 0.408 e. The van der Waals surface area contributed by atoms with E-state index in [2.05, 4.69) is 37.1 Å². The Hall–Kier alpha value is -2.22. The van der Waals surface area contributed by atoms with Gasteiger partial charge in [-0.05, 0) is 71.1 Å². The highest BCUT2D eigenvalue weighted by Gasteiger charge is 2.36. The molecule has 0 spiro atoms. The van der Waals surface area contributed by atoms with Crippen molar-refractivity contribution in [2.75, 3.05) is 12.3 Å². The maximum atomic E-state index is 14.1. The molecule has 0 saturated carbocycles. The molecule has 0 aliphatic carbocycles. The Labute approximate surface area is 242 Å². The van der Waals surface area contributed by atoms with Crippen LogP contribution in [0.15, 0.2) is 18.2 Å². The largest absolute Gasteiger partial charge is 0.444 e. The summed E-state index contributed by atoms with van der Waals surface area (Å²) in [5, 5.41) is 5.82. The number of carbonyl (C=O) groups excluding carboxylic acids is 3. The van der Waals surface area contributed by atoms with Crippen LogP contribution in [0.5, 0.6) is 0 Å². The van der Waals surface area contributed by atoms with Crippen LogP contribution in [-0.2, 0) is 14.3 Å². The SMILES string of the molecule is CCCCCCCCN(C(=O)C(CS)NC(=O)OC(C)(C)C)C(C(=O)NC(C)CCC)c1ccc(C)c(C)c1. The van der Waals surface area contributed by atoms with Crippen molar-refractivity contribution < 1.29 is 19.1 Å². The molecular weight excluding hydrogens is 510 g/mol. The zero-order valence-electron chi connectivity index (χ0n) is 25.6. The lowest BCUT2D eigenvalue weighted by atomic mass is 9.97. The first-order valence-electron chi connectivity index (χ1n) is 14.6. The van der Waals surface area contributed by atoms with Gasteiger partial charge >= 0.3 is 6.09 Å². The Morgan fingerprint density at radius 3 is 2.15 bits per heavy atom. The third-order valence-electron chi connectivity index (χ3n) is 6.72. The van der Waals surface area contributed by atoms with E-state index < -0.39 is 23.8 Å². The number of amides is 3. The van der Waals surface area contributed by atoms with Crippen molar-refractivity contribution in [1.82, 2.24) is 15.5 Å². The molecule has 222 valence electrons. The number of unbranched alkanes of at least 4 members (excludes halogenated alkanes) is 5. The zero-order valence-corrected chi connectivity index (χ0v) is 26.5. The van der Waals surface area contributed by atoms with Crippen LogP contribution in [-0.4, -0.2) is 52.8 Å². The second-order valence-corrected chi connectivity index (χ2v) is 12.0. The number of nitrogens with one attached hydrogen (secondary N) is 2. The van der Waals surface area contributed by atoms with E-state index in [1.165, 1.54) is 6.42 Å². The number of hydrogen-bond donors (Lipinski definition) is 3. The highest BCUT2D eigenvalue weighted by molar-refractivity contribution is 7.80. The number of carbonyl (C=O) groups is 3. The minimum Gasteiger partial charge on any atom is -0.444 e. The van der Waals surface area contributed by atoms with Gasteiger partial charge in [-0.2, -0.15) is 12.6 Å². The zero-order chi connectivity index (χ0) is 29.6. The van der Waals surface area contributed by atoms with Gasteiger partial charge in [-0.15, -0.1) is 0 Å². The van der Waals surface area contributed by atoms with Crippen molar-refractivity contribution in [3.8, 4) is 0 Å². The number of rotatable bonds is 16. The van der Waals surface area contributed by atoms with E-state index in [1.807, 2.05) is 39.0 Å². The van der Waals surface area contributed by atoms with Gasteiger partial charge in [0.1, 0.15) is 17.7 Å². The quantitative estimate of drug-likeness (QED) is 0.155. The molecule has 2 N–H and O–H groups in total. The molecule has 7 nitrogen and oxygen atoms in total. The lowest BCUT2D eigenvalue weighted by molar-refractivity contribution is -0.142. The summed E-state index contributed by atoms with van der Waals surface area (Å²) < 4.78 is 5.40. The summed E-state index contributed by atoms with van der Waals surface area (Å²) in [6.07, 6.45) is 7.41. The number of aryl methyl sites for hydroxylation is 2. The fourth-order valence-corrected chi connectivity index (χ4v) is 4.75. The van der Waals surface area contributed by atoms with E-state index in [4.69, 9.17) is 4.74 Å². The second-order valence-electron chi connectivity index (χ2n) is 11.6. The molecule has 3 atom stereocenters. The van der Waals surface area contributed by atoms with Crippen molar-refractivity contribution in [3.63, 3.8) is 0 Å². The first-order chi connectivity index (χ1) is 18.3. The van der Waals surface area contributed by atoms with Gasteiger partial charge in [-0.3, -0.25) is 9.59 Å². The Morgan fingerprint density at radius 1 is 0.949 bits per heavy atom. The molecule has 3 unspecified atom stereocenters. The lowest BCUT2D eigenvalue weighted by Gasteiger charge is -2.35. The van der Waals surface area contributed by atoms with Crippen LogP contribution >= 0.6 is 12.6 Å². The van der Waals surface area contributed by atoms with Gasteiger partial charge < -0.3 is 20.3 Å². The highest BCUT2D eigenvalue weighted by atomic mass is 32.1. The summed E-state index contributed by atoms with van der Waals surface area (Å²) >= 11 is 4.39. The number of thiol groups is 1. The number of ether oxygens (including phenoxy) is 1. The lowest BCUT2D eigenvalue weighted by Crippen LogP contribution is -2.54. The predicted octanol–water partition coefficient (Wildman–Crippen LogP) is 6.66. The van der Waals surface area contributed by atoms with Crippen LogP contribution < -0.4 is 10.6 Å². The van der Waals surface area contributed by atoms with Gasteiger partial charge in [0, 0.05) is 18.3 Å². The number of nitrogens with zero attached hydrogens (tertiary/aromatic N) is 1. The topological polar surface area (TPSA) is 87.7 Å². The van der Waals surface area contributed by atoms with Gasteiger partial charge in [0.15, 0.2) is 0 Å². The normalized spacial score (nSPS) is 13.8. The van der Waals surface area contributed by atoms with Crippen molar-refractivity contribution >= 4 is 30.5 Å². The molecule has 0 aromatic heterocycles. The van der Waals surface area contributed by atoms with Gasteiger partial charge in [0.2, 0.25) is 11.8 Å². The monoisotopic (exact) mass is 563 g/mol. The fraction of sp³-hybridized carbons (Fsp3) is 0.710. The van der Waals surface area contributed by atoms with Crippen LogP contribution in [0.3, 0.4) is 0 Å². The first-order valence-corrected chi connectivity index (χ1v) is 15.3. The molecule has 1 aromatic rings.